The lowest BCUT2D eigenvalue weighted by Gasteiger charge is -2.37. The number of anilines is 1. The number of amides is 2. The number of carbonyl (C=O) groups excluding carboxylic acids is 2. The van der Waals surface area contributed by atoms with E-state index in [4.69, 9.17) is 0 Å². The molecule has 0 bridgehead atoms. The second-order valence-electron chi connectivity index (χ2n) is 6.45. The number of hydrogen-bond donors (Lipinski definition) is 2. The lowest BCUT2D eigenvalue weighted by Crippen LogP contribution is -2.47. The van der Waals surface area contributed by atoms with Gasteiger partial charge in [-0.3, -0.25) is 4.79 Å². The number of likely N-dealkylation sites (tertiary alicyclic amines) is 1. The molecule has 1 aliphatic rings. The molecular formula is C18H22N4O3. The van der Waals surface area contributed by atoms with Crippen LogP contribution in [0.4, 0.5) is 10.5 Å². The molecule has 1 aromatic heterocycles. The molecule has 0 radical (unpaired) electrons. The van der Waals surface area contributed by atoms with E-state index >= 15 is 0 Å². The maximum absolute atomic E-state index is 12.4. The number of aliphatic hydroxyl groups is 1. The molecule has 1 fully saturated rings. The molecular weight excluding hydrogens is 320 g/mol. The van der Waals surface area contributed by atoms with Gasteiger partial charge in [-0.05, 0) is 19.1 Å². The summed E-state index contributed by atoms with van der Waals surface area (Å²) in [6.45, 7) is 2.35. The van der Waals surface area contributed by atoms with Gasteiger partial charge in [-0.25, -0.2) is 9.78 Å². The minimum absolute atomic E-state index is 0.0470. The van der Waals surface area contributed by atoms with Gasteiger partial charge >= 0.3 is 6.03 Å². The van der Waals surface area contributed by atoms with E-state index in [-0.39, 0.29) is 11.8 Å². The van der Waals surface area contributed by atoms with E-state index in [0.29, 0.717) is 43.0 Å². The third-order valence-corrected chi connectivity index (χ3v) is 4.64. The van der Waals surface area contributed by atoms with Crippen LogP contribution in [0.3, 0.4) is 0 Å². The predicted octanol–water partition coefficient (Wildman–Crippen LogP) is 2.14. The number of hydrogen-bond acceptors (Lipinski definition) is 4. The van der Waals surface area contributed by atoms with Gasteiger partial charge in [-0.2, -0.15) is 0 Å². The van der Waals surface area contributed by atoms with E-state index in [0.717, 1.165) is 0 Å². The van der Waals surface area contributed by atoms with Crippen molar-refractivity contribution in [2.45, 2.75) is 25.4 Å². The Morgan fingerprint density at radius 1 is 1.28 bits per heavy atom. The molecule has 1 aromatic carbocycles. The molecule has 3 rings (SSSR count). The third kappa shape index (κ3) is 3.56. The van der Waals surface area contributed by atoms with Gasteiger partial charge in [0.2, 0.25) is 0 Å². The first-order valence-electron chi connectivity index (χ1n) is 8.26. The highest BCUT2D eigenvalue weighted by atomic mass is 16.3. The van der Waals surface area contributed by atoms with Gasteiger partial charge < -0.3 is 19.9 Å². The van der Waals surface area contributed by atoms with E-state index in [1.807, 2.05) is 11.6 Å². The summed E-state index contributed by atoms with van der Waals surface area (Å²) in [4.78, 5) is 29.8. The molecule has 1 aliphatic heterocycles. The number of nitrogens with one attached hydrogen (secondary N) is 1. The standard InChI is InChI=1S/C18H22N4O3/c1-13(23)14-4-3-5-15(12-14)20-17(24)22-9-6-18(25,7-10-22)16-19-8-11-21(16)2/h3-5,8,11-12,25H,6-7,9-10H2,1-2H3,(H,20,24). The van der Waals surface area contributed by atoms with Crippen molar-refractivity contribution in [2.75, 3.05) is 18.4 Å². The van der Waals surface area contributed by atoms with Crippen LogP contribution < -0.4 is 5.32 Å². The molecule has 0 spiro atoms. The average molecular weight is 342 g/mol. The minimum Gasteiger partial charge on any atom is -0.382 e. The molecule has 0 atom stereocenters. The second-order valence-corrected chi connectivity index (χ2v) is 6.45. The minimum atomic E-state index is -1.01. The van der Waals surface area contributed by atoms with Gasteiger partial charge in [0.05, 0.1) is 0 Å². The number of ketones is 1. The van der Waals surface area contributed by atoms with Crippen molar-refractivity contribution >= 4 is 17.5 Å². The Balaban J connectivity index is 1.63. The zero-order valence-electron chi connectivity index (χ0n) is 14.4. The number of carbonyl (C=O) groups is 2. The van der Waals surface area contributed by atoms with E-state index in [1.54, 1.807) is 41.6 Å². The monoisotopic (exact) mass is 342 g/mol. The average Bonchev–Trinajstić information content (AvgIpc) is 3.02. The number of urea groups is 1. The molecule has 25 heavy (non-hydrogen) atoms. The molecule has 0 unspecified atom stereocenters. The van der Waals surface area contributed by atoms with Crippen molar-refractivity contribution in [2.24, 2.45) is 7.05 Å². The maximum atomic E-state index is 12.4. The van der Waals surface area contributed by atoms with Crippen LogP contribution in [-0.2, 0) is 12.6 Å². The number of Topliss-reactive ketones (excluding diaryl/α,β-unsaturated/α-hetero) is 1. The van der Waals surface area contributed by atoms with Crippen molar-refractivity contribution in [3.8, 4) is 0 Å². The van der Waals surface area contributed by atoms with Gasteiger partial charge in [0, 0.05) is 56.6 Å². The van der Waals surface area contributed by atoms with Crippen molar-refractivity contribution in [3.63, 3.8) is 0 Å². The maximum Gasteiger partial charge on any atom is 0.321 e. The highest BCUT2D eigenvalue weighted by Gasteiger charge is 2.38. The molecule has 2 aromatic rings. The molecule has 7 nitrogen and oxygen atoms in total. The normalized spacial score (nSPS) is 16.5. The Labute approximate surface area is 146 Å². The van der Waals surface area contributed by atoms with Gasteiger partial charge in [0.15, 0.2) is 5.78 Å². The SMILES string of the molecule is CC(=O)c1cccc(NC(=O)N2CCC(O)(c3nccn3C)CC2)c1. The molecule has 2 heterocycles. The van der Waals surface area contributed by atoms with E-state index in [9.17, 15) is 14.7 Å². The number of aryl methyl sites for hydroxylation is 1. The molecule has 7 heteroatoms. The summed E-state index contributed by atoms with van der Waals surface area (Å²) in [6.07, 6.45) is 4.32. The van der Waals surface area contributed by atoms with Crippen molar-refractivity contribution in [1.29, 1.82) is 0 Å². The lowest BCUT2D eigenvalue weighted by atomic mass is 9.90. The van der Waals surface area contributed by atoms with E-state index in [1.165, 1.54) is 6.92 Å². The molecule has 2 N–H and O–H groups in total. The van der Waals surface area contributed by atoms with Gasteiger partial charge in [-0.15, -0.1) is 0 Å². The second kappa shape index (κ2) is 6.68. The fourth-order valence-corrected chi connectivity index (χ4v) is 3.14. The highest BCUT2D eigenvalue weighted by molar-refractivity contribution is 5.96. The third-order valence-electron chi connectivity index (χ3n) is 4.64. The Bertz CT molecular complexity index is 791. The number of aromatic nitrogens is 2. The molecule has 0 aliphatic carbocycles. The Morgan fingerprint density at radius 3 is 2.60 bits per heavy atom. The van der Waals surface area contributed by atoms with Gasteiger partial charge in [0.25, 0.3) is 0 Å². The number of imidazole rings is 1. The van der Waals surface area contributed by atoms with Crippen LogP contribution in [-0.4, -0.2) is 44.5 Å². The van der Waals surface area contributed by atoms with E-state index in [2.05, 4.69) is 10.3 Å². The number of nitrogens with zero attached hydrogens (tertiary/aromatic N) is 3. The Kier molecular flexibility index (Phi) is 4.59. The van der Waals surface area contributed by atoms with Crippen LogP contribution in [0.15, 0.2) is 36.7 Å². The summed E-state index contributed by atoms with van der Waals surface area (Å²) in [5, 5.41) is 13.6. The van der Waals surface area contributed by atoms with Crippen molar-refractivity contribution < 1.29 is 14.7 Å². The van der Waals surface area contributed by atoms with Crippen LogP contribution in [0.1, 0.15) is 35.9 Å². The topological polar surface area (TPSA) is 87.5 Å². The lowest BCUT2D eigenvalue weighted by molar-refractivity contribution is -0.0251. The van der Waals surface area contributed by atoms with Crippen LogP contribution in [0, 0.1) is 0 Å². The number of piperidine rings is 1. The zero-order valence-corrected chi connectivity index (χ0v) is 14.4. The largest absolute Gasteiger partial charge is 0.382 e. The molecule has 132 valence electrons. The van der Waals surface area contributed by atoms with Crippen molar-refractivity contribution in [1.82, 2.24) is 14.5 Å². The predicted molar refractivity (Wildman–Crippen MR) is 93.4 cm³/mol. The molecule has 2 amide bonds. The summed E-state index contributed by atoms with van der Waals surface area (Å²) in [5.41, 5.74) is 0.132. The highest BCUT2D eigenvalue weighted by Crippen LogP contribution is 2.31. The molecule has 1 saturated heterocycles. The van der Waals surface area contributed by atoms with Crippen LogP contribution in [0.25, 0.3) is 0 Å². The first kappa shape index (κ1) is 17.2. The summed E-state index contributed by atoms with van der Waals surface area (Å²) in [5.74, 6) is 0.580. The summed E-state index contributed by atoms with van der Waals surface area (Å²) < 4.78 is 1.81. The number of rotatable bonds is 3. The molecule has 0 saturated carbocycles. The summed E-state index contributed by atoms with van der Waals surface area (Å²) >= 11 is 0. The van der Waals surface area contributed by atoms with Gasteiger partial charge in [0.1, 0.15) is 11.4 Å². The van der Waals surface area contributed by atoms with Crippen LogP contribution >= 0.6 is 0 Å². The first-order valence-corrected chi connectivity index (χ1v) is 8.26. The summed E-state index contributed by atoms with van der Waals surface area (Å²) in [6, 6.07) is 6.63. The van der Waals surface area contributed by atoms with Gasteiger partial charge in [-0.1, -0.05) is 12.1 Å². The first-order chi connectivity index (χ1) is 11.9. The smallest absolute Gasteiger partial charge is 0.321 e. The summed E-state index contributed by atoms with van der Waals surface area (Å²) in [7, 11) is 1.85. The zero-order chi connectivity index (χ0) is 18.0. The Morgan fingerprint density at radius 2 is 2.00 bits per heavy atom. The fraction of sp³-hybridized carbons (Fsp3) is 0.389. The van der Waals surface area contributed by atoms with Crippen molar-refractivity contribution in [3.05, 3.63) is 48.0 Å². The van der Waals surface area contributed by atoms with Crippen LogP contribution in [0.2, 0.25) is 0 Å². The van der Waals surface area contributed by atoms with E-state index < -0.39 is 5.60 Å². The Hall–Kier alpha value is -2.67. The fourth-order valence-electron chi connectivity index (χ4n) is 3.14. The van der Waals surface area contributed by atoms with Crippen LogP contribution in [0.5, 0.6) is 0 Å². The number of benzene rings is 1. The quantitative estimate of drug-likeness (QED) is 0.837.